The average molecular weight is 378 g/mol. The minimum absolute atomic E-state index is 0.136. The molecule has 0 aromatic carbocycles. The van der Waals surface area contributed by atoms with Gasteiger partial charge in [-0.05, 0) is 47.7 Å². The van der Waals surface area contributed by atoms with Gasteiger partial charge in [0, 0.05) is 37.0 Å². The molecule has 118 valence electrons. The number of hydrogen-bond acceptors (Lipinski definition) is 5. The second-order valence-corrected chi connectivity index (χ2v) is 7.71. The number of nitrogens with zero attached hydrogens (tertiary/aromatic N) is 1. The fourth-order valence-corrected chi connectivity index (χ4v) is 4.42. The largest absolute Gasteiger partial charge is 0.381 e. The van der Waals surface area contributed by atoms with E-state index in [-0.39, 0.29) is 10.9 Å². The molecule has 0 saturated carbocycles. The lowest BCUT2D eigenvalue weighted by molar-refractivity contribution is 0.0585. The zero-order valence-corrected chi connectivity index (χ0v) is 14.5. The van der Waals surface area contributed by atoms with Crippen LogP contribution in [0.4, 0.5) is 5.82 Å². The van der Waals surface area contributed by atoms with Gasteiger partial charge in [-0.2, -0.15) is 0 Å². The Labute approximate surface area is 133 Å². The highest BCUT2D eigenvalue weighted by Crippen LogP contribution is 2.25. The van der Waals surface area contributed by atoms with Crippen LogP contribution in [0.5, 0.6) is 0 Å². The molecule has 1 fully saturated rings. The van der Waals surface area contributed by atoms with Gasteiger partial charge in [-0.15, -0.1) is 0 Å². The van der Waals surface area contributed by atoms with Crippen molar-refractivity contribution in [1.82, 2.24) is 9.71 Å². The van der Waals surface area contributed by atoms with E-state index in [1.165, 1.54) is 0 Å². The molecule has 0 radical (unpaired) electrons. The first kappa shape index (κ1) is 16.7. The summed E-state index contributed by atoms with van der Waals surface area (Å²) in [7, 11) is -1.97. The number of anilines is 1. The second-order valence-electron chi connectivity index (χ2n) is 5.11. The maximum absolute atomic E-state index is 12.6. The number of aromatic nitrogens is 1. The Balaban J connectivity index is 2.19. The van der Waals surface area contributed by atoms with Crippen LogP contribution in [-0.2, 0) is 14.8 Å². The van der Waals surface area contributed by atoms with E-state index in [1.807, 2.05) is 6.92 Å². The average Bonchev–Trinajstić information content (AvgIpc) is 2.47. The van der Waals surface area contributed by atoms with Gasteiger partial charge in [-0.1, -0.05) is 0 Å². The molecule has 21 heavy (non-hydrogen) atoms. The first-order chi connectivity index (χ1) is 9.94. The van der Waals surface area contributed by atoms with Gasteiger partial charge in [-0.3, -0.25) is 0 Å². The van der Waals surface area contributed by atoms with Gasteiger partial charge in [0.25, 0.3) is 0 Å². The molecule has 1 saturated heterocycles. The predicted molar refractivity (Wildman–Crippen MR) is 84.8 cm³/mol. The summed E-state index contributed by atoms with van der Waals surface area (Å²) in [5.41, 5.74) is 0. The van der Waals surface area contributed by atoms with Gasteiger partial charge >= 0.3 is 0 Å². The molecule has 2 N–H and O–H groups in total. The third kappa shape index (κ3) is 4.15. The summed E-state index contributed by atoms with van der Waals surface area (Å²) in [6.07, 6.45) is 3.31. The molecule has 0 bridgehead atoms. The van der Waals surface area contributed by atoms with Gasteiger partial charge in [0.15, 0.2) is 0 Å². The standard InChI is InChI=1S/C13H20BrN3O3S/c1-9(10-3-5-20-6-4-10)17-21(18,19)12-7-11(14)8-16-13(12)15-2/h7-10,17H,3-6H2,1-2H3,(H,15,16). The molecule has 1 aromatic heterocycles. The molecule has 2 heterocycles. The van der Waals surface area contributed by atoms with Crippen molar-refractivity contribution in [2.45, 2.75) is 30.7 Å². The SMILES string of the molecule is CNc1ncc(Br)cc1S(=O)(=O)NC(C)C1CCOCC1. The van der Waals surface area contributed by atoms with Gasteiger partial charge in [0.2, 0.25) is 10.0 Å². The van der Waals surface area contributed by atoms with E-state index >= 15 is 0 Å². The Hall–Kier alpha value is -0.700. The normalized spacial score (nSPS) is 18.4. The van der Waals surface area contributed by atoms with E-state index in [2.05, 4.69) is 31.0 Å². The maximum atomic E-state index is 12.6. The molecule has 1 unspecified atom stereocenters. The molecule has 1 aliphatic heterocycles. The van der Waals surface area contributed by atoms with Crippen molar-refractivity contribution in [2.24, 2.45) is 5.92 Å². The molecule has 0 spiro atoms. The highest BCUT2D eigenvalue weighted by molar-refractivity contribution is 9.10. The molecule has 8 heteroatoms. The molecule has 6 nitrogen and oxygen atoms in total. The Morgan fingerprint density at radius 2 is 2.10 bits per heavy atom. The van der Waals surface area contributed by atoms with Crippen molar-refractivity contribution in [2.75, 3.05) is 25.6 Å². The van der Waals surface area contributed by atoms with Gasteiger partial charge in [-0.25, -0.2) is 18.1 Å². The number of pyridine rings is 1. The number of nitrogens with one attached hydrogen (secondary N) is 2. The summed E-state index contributed by atoms with van der Waals surface area (Å²) >= 11 is 3.26. The highest BCUT2D eigenvalue weighted by Gasteiger charge is 2.27. The van der Waals surface area contributed by atoms with E-state index in [4.69, 9.17) is 4.74 Å². The van der Waals surface area contributed by atoms with E-state index in [9.17, 15) is 8.42 Å². The predicted octanol–water partition coefficient (Wildman–Crippen LogP) is 1.98. The molecule has 0 amide bonds. The molecular formula is C13H20BrN3O3S. The lowest BCUT2D eigenvalue weighted by atomic mass is 9.94. The fraction of sp³-hybridized carbons (Fsp3) is 0.615. The smallest absolute Gasteiger partial charge is 0.244 e. The number of rotatable bonds is 5. The van der Waals surface area contributed by atoms with E-state index in [0.717, 1.165) is 12.8 Å². The molecule has 0 aliphatic carbocycles. The Kier molecular flexibility index (Phi) is 5.59. The van der Waals surface area contributed by atoms with Crippen LogP contribution in [0.3, 0.4) is 0 Å². The molecule has 1 aliphatic rings. The first-order valence-electron chi connectivity index (χ1n) is 6.87. The van der Waals surface area contributed by atoms with E-state index in [1.54, 1.807) is 19.3 Å². The Bertz CT molecular complexity index is 588. The van der Waals surface area contributed by atoms with Crippen molar-refractivity contribution >= 4 is 31.8 Å². The Morgan fingerprint density at radius 1 is 1.43 bits per heavy atom. The zero-order chi connectivity index (χ0) is 15.5. The number of ether oxygens (including phenoxy) is 1. The minimum atomic E-state index is -3.62. The highest BCUT2D eigenvalue weighted by atomic mass is 79.9. The van der Waals surface area contributed by atoms with Crippen molar-refractivity contribution < 1.29 is 13.2 Å². The summed E-state index contributed by atoms with van der Waals surface area (Å²) in [4.78, 5) is 4.24. The molecular weight excluding hydrogens is 358 g/mol. The molecule has 2 rings (SSSR count). The number of sulfonamides is 1. The van der Waals surface area contributed by atoms with Crippen molar-refractivity contribution in [1.29, 1.82) is 0 Å². The first-order valence-corrected chi connectivity index (χ1v) is 9.15. The van der Waals surface area contributed by atoms with Crippen LogP contribution >= 0.6 is 15.9 Å². The van der Waals surface area contributed by atoms with Crippen LogP contribution < -0.4 is 10.0 Å². The van der Waals surface area contributed by atoms with Crippen LogP contribution in [0.1, 0.15) is 19.8 Å². The summed E-state index contributed by atoms with van der Waals surface area (Å²) < 4.78 is 33.8. The van der Waals surface area contributed by atoms with Crippen LogP contribution in [0.15, 0.2) is 21.6 Å². The van der Waals surface area contributed by atoms with Crippen molar-refractivity contribution in [3.63, 3.8) is 0 Å². The minimum Gasteiger partial charge on any atom is -0.381 e. The third-order valence-electron chi connectivity index (χ3n) is 3.66. The third-order valence-corrected chi connectivity index (χ3v) is 5.67. The summed E-state index contributed by atoms with van der Waals surface area (Å²) in [6, 6.07) is 1.42. The lowest BCUT2D eigenvalue weighted by Crippen LogP contribution is -2.40. The van der Waals surface area contributed by atoms with E-state index < -0.39 is 10.0 Å². The van der Waals surface area contributed by atoms with Crippen LogP contribution in [-0.4, -0.2) is 39.7 Å². The molecule has 1 aromatic rings. The quantitative estimate of drug-likeness (QED) is 0.819. The van der Waals surface area contributed by atoms with E-state index in [0.29, 0.717) is 29.4 Å². The van der Waals surface area contributed by atoms with Crippen LogP contribution in [0.25, 0.3) is 0 Å². The van der Waals surface area contributed by atoms with Crippen LogP contribution in [0, 0.1) is 5.92 Å². The fourth-order valence-electron chi connectivity index (χ4n) is 2.43. The van der Waals surface area contributed by atoms with Gasteiger partial charge in [0.05, 0.1) is 0 Å². The van der Waals surface area contributed by atoms with Crippen molar-refractivity contribution in [3.8, 4) is 0 Å². The van der Waals surface area contributed by atoms with Gasteiger partial charge in [0.1, 0.15) is 10.7 Å². The number of hydrogen-bond donors (Lipinski definition) is 2. The Morgan fingerprint density at radius 3 is 2.71 bits per heavy atom. The van der Waals surface area contributed by atoms with Gasteiger partial charge < -0.3 is 10.1 Å². The monoisotopic (exact) mass is 377 g/mol. The second kappa shape index (κ2) is 7.04. The van der Waals surface area contributed by atoms with Crippen molar-refractivity contribution in [3.05, 3.63) is 16.7 Å². The van der Waals surface area contributed by atoms with Crippen LogP contribution in [0.2, 0.25) is 0 Å². The maximum Gasteiger partial charge on any atom is 0.244 e. The summed E-state index contributed by atoms with van der Waals surface area (Å²) in [5.74, 6) is 0.636. The number of halogens is 1. The summed E-state index contributed by atoms with van der Waals surface area (Å²) in [5, 5.41) is 2.81. The zero-order valence-electron chi connectivity index (χ0n) is 12.1. The topological polar surface area (TPSA) is 80.3 Å². The lowest BCUT2D eigenvalue weighted by Gasteiger charge is -2.28. The summed E-state index contributed by atoms with van der Waals surface area (Å²) in [6.45, 7) is 3.28. The molecule has 1 atom stereocenters.